The number of aryl methyl sites for hydroxylation is 4. The van der Waals surface area contributed by atoms with Crippen LogP contribution in [0.4, 0.5) is 0 Å². The summed E-state index contributed by atoms with van der Waals surface area (Å²) in [6, 6.07) is 9.40. The van der Waals surface area contributed by atoms with E-state index in [1.807, 2.05) is 0 Å². The van der Waals surface area contributed by atoms with Crippen LogP contribution < -0.4 is 9.47 Å². The summed E-state index contributed by atoms with van der Waals surface area (Å²) in [5.41, 5.74) is 8.02. The Labute approximate surface area is 178 Å². The van der Waals surface area contributed by atoms with Crippen molar-refractivity contribution >= 4 is 22.6 Å². The van der Waals surface area contributed by atoms with Crippen molar-refractivity contribution in [3.8, 4) is 11.5 Å². The number of ether oxygens (including phenoxy) is 2. The maximum atomic E-state index is 5.72. The Bertz CT molecular complexity index is 653. The second-order valence-electron chi connectivity index (χ2n) is 6.87. The van der Waals surface area contributed by atoms with Gasteiger partial charge in [0.15, 0.2) is 0 Å². The third-order valence-electron chi connectivity index (χ3n) is 5.42. The average molecular weight is 480 g/mol. The third kappa shape index (κ3) is 4.61. The van der Waals surface area contributed by atoms with Crippen LogP contribution in [0.25, 0.3) is 0 Å². The Morgan fingerprint density at radius 2 is 0.963 bits per heavy atom. The van der Waals surface area contributed by atoms with E-state index < -0.39 is 0 Å². The zero-order chi connectivity index (χ0) is 20.0. The highest BCUT2D eigenvalue weighted by atomic mass is 127. The van der Waals surface area contributed by atoms with E-state index in [2.05, 4.69) is 74.6 Å². The van der Waals surface area contributed by atoms with Crippen LogP contribution in [0.5, 0.6) is 11.5 Å². The summed E-state index contributed by atoms with van der Waals surface area (Å²) >= 11 is 2.53. The predicted molar refractivity (Wildman–Crippen MR) is 124 cm³/mol. The number of rotatable bonds is 9. The summed E-state index contributed by atoms with van der Waals surface area (Å²) in [7, 11) is 3.57. The number of halogens is 1. The van der Waals surface area contributed by atoms with Gasteiger partial charge in [0.05, 0.1) is 14.2 Å². The van der Waals surface area contributed by atoms with Gasteiger partial charge in [0.1, 0.15) is 11.5 Å². The molecule has 0 aliphatic carbocycles. The van der Waals surface area contributed by atoms with Crippen molar-refractivity contribution in [3.05, 3.63) is 57.6 Å². The van der Waals surface area contributed by atoms with Gasteiger partial charge in [-0.25, -0.2) is 0 Å². The van der Waals surface area contributed by atoms with Crippen LogP contribution in [0.3, 0.4) is 0 Å². The molecule has 3 heteroatoms. The maximum Gasteiger partial charge on any atom is 0.125 e. The van der Waals surface area contributed by atoms with E-state index in [0.717, 1.165) is 41.6 Å². The molecule has 0 radical (unpaired) electrons. The molecule has 0 saturated heterocycles. The number of hydrogen-bond acceptors (Lipinski definition) is 2. The van der Waals surface area contributed by atoms with Gasteiger partial charge in [0.25, 0.3) is 0 Å². The molecule has 0 heterocycles. The van der Waals surface area contributed by atoms with Crippen LogP contribution in [0.2, 0.25) is 0 Å². The Morgan fingerprint density at radius 1 is 0.667 bits per heavy atom. The lowest BCUT2D eigenvalue weighted by Crippen LogP contribution is -2.08. The third-order valence-corrected chi connectivity index (χ3v) is 6.30. The van der Waals surface area contributed by atoms with E-state index in [1.165, 1.54) is 33.4 Å². The summed E-state index contributed by atoms with van der Waals surface area (Å²) < 4.78 is 12.5. The Kier molecular flexibility index (Phi) is 8.46. The highest BCUT2D eigenvalue weighted by Crippen LogP contribution is 2.37. The van der Waals surface area contributed by atoms with E-state index >= 15 is 0 Å². The van der Waals surface area contributed by atoms with Gasteiger partial charge in [-0.2, -0.15) is 0 Å². The minimum absolute atomic E-state index is 0.383. The minimum Gasteiger partial charge on any atom is -0.496 e. The van der Waals surface area contributed by atoms with E-state index in [1.54, 1.807) is 14.2 Å². The predicted octanol–water partition coefficient (Wildman–Crippen LogP) is 6.52. The van der Waals surface area contributed by atoms with Crippen molar-refractivity contribution in [1.82, 2.24) is 0 Å². The highest BCUT2D eigenvalue weighted by Gasteiger charge is 2.20. The average Bonchev–Trinajstić information content (AvgIpc) is 2.72. The molecule has 0 amide bonds. The van der Waals surface area contributed by atoms with Gasteiger partial charge in [0, 0.05) is 10.3 Å². The lowest BCUT2D eigenvalue weighted by molar-refractivity contribution is 0.405. The molecule has 0 aromatic heterocycles. The normalized spacial score (nSPS) is 11.1. The number of alkyl halides is 1. The second kappa shape index (κ2) is 10.4. The molecule has 0 N–H and O–H groups in total. The van der Waals surface area contributed by atoms with E-state index in [0.29, 0.717) is 5.92 Å². The maximum absolute atomic E-state index is 5.72. The van der Waals surface area contributed by atoms with Crippen LogP contribution in [-0.4, -0.2) is 18.6 Å². The Balaban J connectivity index is 2.63. The summed E-state index contributed by atoms with van der Waals surface area (Å²) in [5.74, 6) is 2.51. The van der Waals surface area contributed by atoms with Gasteiger partial charge >= 0.3 is 0 Å². The first-order valence-electron chi connectivity index (χ1n) is 10.0. The monoisotopic (exact) mass is 480 g/mol. The summed E-state index contributed by atoms with van der Waals surface area (Å²) in [6.45, 7) is 8.82. The van der Waals surface area contributed by atoms with Crippen molar-refractivity contribution in [2.45, 2.75) is 59.3 Å². The van der Waals surface area contributed by atoms with E-state index in [4.69, 9.17) is 9.47 Å². The molecule has 2 nitrogen and oxygen atoms in total. The standard InChI is InChI=1S/C24H33IO2/c1-7-16-11-20(12-17(8-2)23(16)26-5)22(15-25)21-13-18(9-3)24(27-6)19(10-4)14-21/h11-14,22H,7-10,15H2,1-6H3. The Morgan fingerprint density at radius 3 is 1.15 bits per heavy atom. The van der Waals surface area contributed by atoms with E-state index in [-0.39, 0.29) is 0 Å². The van der Waals surface area contributed by atoms with E-state index in [9.17, 15) is 0 Å². The van der Waals surface area contributed by atoms with Gasteiger partial charge < -0.3 is 9.47 Å². The zero-order valence-corrected chi connectivity index (χ0v) is 19.8. The molecule has 2 aromatic carbocycles. The molecule has 0 atom stereocenters. The first-order valence-corrected chi connectivity index (χ1v) is 11.6. The minimum atomic E-state index is 0.383. The van der Waals surface area contributed by atoms with Gasteiger partial charge in [-0.1, -0.05) is 74.6 Å². The quantitative estimate of drug-likeness (QED) is 0.301. The van der Waals surface area contributed by atoms with Crippen LogP contribution in [0, 0.1) is 0 Å². The first-order chi connectivity index (χ1) is 13.1. The molecule has 0 aliphatic rings. The van der Waals surface area contributed by atoms with Crippen LogP contribution in [0.1, 0.15) is 67.0 Å². The van der Waals surface area contributed by atoms with Gasteiger partial charge in [-0.05, 0) is 59.1 Å². The smallest absolute Gasteiger partial charge is 0.125 e. The lowest BCUT2D eigenvalue weighted by Gasteiger charge is -2.22. The summed E-state index contributed by atoms with van der Waals surface area (Å²) in [5, 5.41) is 0. The number of benzene rings is 2. The Hall–Kier alpha value is -1.23. The summed E-state index contributed by atoms with van der Waals surface area (Å²) in [4.78, 5) is 0. The summed E-state index contributed by atoms with van der Waals surface area (Å²) in [6.07, 6.45) is 3.95. The van der Waals surface area contributed by atoms with Crippen molar-refractivity contribution < 1.29 is 9.47 Å². The molecule has 0 aliphatic heterocycles. The molecule has 27 heavy (non-hydrogen) atoms. The topological polar surface area (TPSA) is 18.5 Å². The molecular weight excluding hydrogens is 447 g/mol. The fourth-order valence-corrected chi connectivity index (χ4v) is 4.93. The molecule has 0 spiro atoms. The van der Waals surface area contributed by atoms with Crippen LogP contribution in [0.15, 0.2) is 24.3 Å². The van der Waals surface area contributed by atoms with Crippen LogP contribution >= 0.6 is 22.6 Å². The van der Waals surface area contributed by atoms with Crippen LogP contribution in [-0.2, 0) is 25.7 Å². The fourth-order valence-electron chi connectivity index (χ4n) is 3.91. The van der Waals surface area contributed by atoms with Gasteiger partial charge in [-0.15, -0.1) is 0 Å². The molecule has 2 rings (SSSR count). The second-order valence-corrected chi connectivity index (χ2v) is 7.75. The molecule has 0 saturated carbocycles. The van der Waals surface area contributed by atoms with Crippen molar-refractivity contribution in [1.29, 1.82) is 0 Å². The molecule has 0 bridgehead atoms. The van der Waals surface area contributed by atoms with Gasteiger partial charge in [-0.3, -0.25) is 0 Å². The molecule has 2 aromatic rings. The van der Waals surface area contributed by atoms with Crippen molar-refractivity contribution in [3.63, 3.8) is 0 Å². The first kappa shape index (κ1) is 22.1. The zero-order valence-electron chi connectivity index (χ0n) is 17.6. The number of hydrogen-bond donors (Lipinski definition) is 0. The highest BCUT2D eigenvalue weighted by molar-refractivity contribution is 14.1. The van der Waals surface area contributed by atoms with Gasteiger partial charge in [0.2, 0.25) is 0 Å². The fraction of sp³-hybridized carbons (Fsp3) is 0.500. The van der Waals surface area contributed by atoms with Crippen molar-refractivity contribution in [2.75, 3.05) is 18.6 Å². The molecule has 148 valence electrons. The largest absolute Gasteiger partial charge is 0.496 e. The van der Waals surface area contributed by atoms with Crippen molar-refractivity contribution in [2.24, 2.45) is 0 Å². The molecular formula is C24H33IO2. The lowest BCUT2D eigenvalue weighted by atomic mass is 9.86. The molecule has 0 unspecified atom stereocenters. The molecule has 0 fully saturated rings. The SMILES string of the molecule is CCc1cc(C(CI)c2cc(CC)c(OC)c(CC)c2)cc(CC)c1OC. The number of methoxy groups -OCH3 is 2.